The number of rotatable bonds is 3. The van der Waals surface area contributed by atoms with E-state index in [1.54, 1.807) is 18.4 Å². The second-order valence-corrected chi connectivity index (χ2v) is 7.14. The van der Waals surface area contributed by atoms with Crippen LogP contribution in [0.5, 0.6) is 0 Å². The molecule has 10 heteroatoms. The molecule has 0 unspecified atom stereocenters. The summed E-state index contributed by atoms with van der Waals surface area (Å²) in [5.74, 6) is 0.715. The van der Waals surface area contributed by atoms with Crippen LogP contribution < -0.4 is 10.2 Å². The number of anilines is 1. The number of nitrogens with zero attached hydrogens (tertiary/aromatic N) is 4. The minimum absolute atomic E-state index is 0.0242. The topological polar surface area (TPSA) is 75.7 Å². The lowest BCUT2D eigenvalue weighted by atomic mass is 9.91. The lowest BCUT2D eigenvalue weighted by Gasteiger charge is -2.33. The number of piperidine rings is 1. The molecule has 0 atom stereocenters. The van der Waals surface area contributed by atoms with Gasteiger partial charge in [-0.15, -0.1) is 0 Å². The fourth-order valence-electron chi connectivity index (χ4n) is 3.86. The van der Waals surface area contributed by atoms with Crippen LogP contribution >= 0.6 is 0 Å². The van der Waals surface area contributed by atoms with Gasteiger partial charge in [-0.2, -0.15) is 13.2 Å². The number of aromatic nitrogens is 3. The van der Waals surface area contributed by atoms with Crippen molar-refractivity contribution in [3.8, 4) is 0 Å². The van der Waals surface area contributed by atoms with E-state index in [1.807, 2.05) is 4.90 Å². The van der Waals surface area contributed by atoms with E-state index < -0.39 is 11.7 Å². The summed E-state index contributed by atoms with van der Waals surface area (Å²) in [6.45, 7) is 2.75. The second kappa shape index (κ2) is 7.09. The predicted octanol–water partition coefficient (Wildman–Crippen LogP) is 3.39. The standard InChI is InChI=1S/C19H20F3N5O2/c1-11-16(18(28)23-2)17(29-25-11)12-3-5-26(6-4-12)15-8-13(19(20,21)22)7-14-9-24-10-27(14)15/h7-10,12H,3-6H2,1-2H3,(H,23,28). The van der Waals surface area contributed by atoms with E-state index in [2.05, 4.69) is 15.5 Å². The van der Waals surface area contributed by atoms with Gasteiger partial charge >= 0.3 is 6.18 Å². The normalized spacial score (nSPS) is 15.8. The maximum absolute atomic E-state index is 13.3. The molecule has 154 valence electrons. The molecule has 1 N–H and O–H groups in total. The van der Waals surface area contributed by atoms with E-state index in [0.29, 0.717) is 54.3 Å². The molecule has 1 aliphatic heterocycles. The number of imidazole rings is 1. The largest absolute Gasteiger partial charge is 0.416 e. The maximum atomic E-state index is 13.3. The van der Waals surface area contributed by atoms with E-state index in [0.717, 1.165) is 12.1 Å². The Kier molecular flexibility index (Phi) is 4.71. The average molecular weight is 407 g/mol. The molecule has 0 saturated carbocycles. The molecule has 1 aliphatic rings. The quantitative estimate of drug-likeness (QED) is 0.720. The van der Waals surface area contributed by atoms with Gasteiger partial charge in [0.2, 0.25) is 0 Å². The molecule has 0 aliphatic carbocycles. The van der Waals surface area contributed by atoms with Crippen LogP contribution in [0, 0.1) is 6.92 Å². The van der Waals surface area contributed by atoms with E-state index >= 15 is 0 Å². The molecule has 1 amide bonds. The van der Waals surface area contributed by atoms with Crippen molar-refractivity contribution >= 4 is 17.2 Å². The predicted molar refractivity (Wildman–Crippen MR) is 99.0 cm³/mol. The molecule has 1 fully saturated rings. The number of pyridine rings is 1. The van der Waals surface area contributed by atoms with Gasteiger partial charge in [0.1, 0.15) is 17.7 Å². The Hall–Kier alpha value is -3.04. The number of alkyl halides is 3. The molecular weight excluding hydrogens is 387 g/mol. The fraction of sp³-hybridized carbons (Fsp3) is 0.421. The molecule has 0 bridgehead atoms. The Morgan fingerprint density at radius 1 is 1.28 bits per heavy atom. The minimum Gasteiger partial charge on any atom is -0.360 e. The number of carbonyl (C=O) groups is 1. The number of hydrogen-bond donors (Lipinski definition) is 1. The van der Waals surface area contributed by atoms with E-state index in [9.17, 15) is 18.0 Å². The average Bonchev–Trinajstić information content (AvgIpc) is 3.32. The van der Waals surface area contributed by atoms with Gasteiger partial charge in [0.05, 0.1) is 23.0 Å². The number of amides is 1. The number of aryl methyl sites for hydroxylation is 1. The van der Waals surface area contributed by atoms with Crippen LogP contribution in [0.4, 0.5) is 19.0 Å². The molecule has 7 nitrogen and oxygen atoms in total. The number of nitrogens with one attached hydrogen (secondary N) is 1. The highest BCUT2D eigenvalue weighted by atomic mass is 19.4. The first-order chi connectivity index (χ1) is 13.8. The summed E-state index contributed by atoms with van der Waals surface area (Å²) in [5.41, 5.74) is 0.668. The van der Waals surface area contributed by atoms with E-state index in [4.69, 9.17) is 4.52 Å². The van der Waals surface area contributed by atoms with Crippen LogP contribution in [0.3, 0.4) is 0 Å². The van der Waals surface area contributed by atoms with Crippen molar-refractivity contribution in [2.45, 2.75) is 31.9 Å². The molecule has 1 saturated heterocycles. The highest BCUT2D eigenvalue weighted by molar-refractivity contribution is 5.96. The van der Waals surface area contributed by atoms with Crippen molar-refractivity contribution in [2.75, 3.05) is 25.0 Å². The first-order valence-corrected chi connectivity index (χ1v) is 9.26. The van der Waals surface area contributed by atoms with Crippen LogP contribution in [-0.2, 0) is 6.18 Å². The van der Waals surface area contributed by atoms with Crippen molar-refractivity contribution in [1.29, 1.82) is 0 Å². The molecular formula is C19H20F3N5O2. The summed E-state index contributed by atoms with van der Waals surface area (Å²) >= 11 is 0. The van der Waals surface area contributed by atoms with Crippen molar-refractivity contribution in [3.05, 3.63) is 47.2 Å². The Morgan fingerprint density at radius 3 is 2.66 bits per heavy atom. The number of halogens is 3. The molecule has 0 spiro atoms. The summed E-state index contributed by atoms with van der Waals surface area (Å²) in [6, 6.07) is 2.25. The monoisotopic (exact) mass is 407 g/mol. The number of carbonyl (C=O) groups excluding carboxylic acids is 1. The summed E-state index contributed by atoms with van der Waals surface area (Å²) in [6.07, 6.45) is -0.242. The van der Waals surface area contributed by atoms with Gasteiger partial charge in [-0.25, -0.2) is 4.98 Å². The van der Waals surface area contributed by atoms with E-state index in [-0.39, 0.29) is 11.8 Å². The van der Waals surface area contributed by atoms with Crippen molar-refractivity contribution in [3.63, 3.8) is 0 Å². The minimum atomic E-state index is -4.43. The first-order valence-electron chi connectivity index (χ1n) is 9.26. The SMILES string of the molecule is CNC(=O)c1c(C)noc1C1CCN(c2cc(C(F)(F)F)cc3cncn23)CC1. The molecule has 0 aromatic carbocycles. The van der Waals surface area contributed by atoms with Gasteiger partial charge in [-0.05, 0) is 31.9 Å². The maximum Gasteiger partial charge on any atom is 0.416 e. The molecule has 3 aromatic heterocycles. The Bertz CT molecular complexity index is 1050. The Morgan fingerprint density at radius 2 is 2.00 bits per heavy atom. The molecule has 29 heavy (non-hydrogen) atoms. The third-order valence-corrected chi connectivity index (χ3v) is 5.36. The van der Waals surface area contributed by atoms with Gasteiger partial charge < -0.3 is 14.7 Å². The van der Waals surface area contributed by atoms with E-state index in [1.165, 1.54) is 12.5 Å². The lowest BCUT2D eigenvalue weighted by molar-refractivity contribution is -0.137. The lowest BCUT2D eigenvalue weighted by Crippen LogP contribution is -2.34. The third-order valence-electron chi connectivity index (χ3n) is 5.36. The highest BCUT2D eigenvalue weighted by Gasteiger charge is 2.34. The first kappa shape index (κ1) is 19.3. The Labute approximate surface area is 164 Å². The van der Waals surface area contributed by atoms with Gasteiger partial charge in [-0.1, -0.05) is 5.16 Å². The van der Waals surface area contributed by atoms with Crippen LogP contribution in [0.1, 0.15) is 46.1 Å². The van der Waals surface area contributed by atoms with Crippen LogP contribution in [0.25, 0.3) is 5.52 Å². The van der Waals surface area contributed by atoms with Crippen molar-refractivity contribution < 1.29 is 22.5 Å². The summed E-state index contributed by atoms with van der Waals surface area (Å²) < 4.78 is 47.0. The van der Waals surface area contributed by atoms with Crippen LogP contribution in [-0.4, -0.2) is 40.6 Å². The zero-order valence-electron chi connectivity index (χ0n) is 16.0. The van der Waals surface area contributed by atoms with Crippen LogP contribution in [0.2, 0.25) is 0 Å². The van der Waals surface area contributed by atoms with Crippen molar-refractivity contribution in [1.82, 2.24) is 19.9 Å². The van der Waals surface area contributed by atoms with Gasteiger partial charge in [0.25, 0.3) is 5.91 Å². The third kappa shape index (κ3) is 3.43. The zero-order chi connectivity index (χ0) is 20.8. The molecule has 4 heterocycles. The zero-order valence-corrected chi connectivity index (χ0v) is 16.0. The smallest absolute Gasteiger partial charge is 0.360 e. The van der Waals surface area contributed by atoms with Gasteiger partial charge in [0, 0.05) is 26.1 Å². The summed E-state index contributed by atoms with van der Waals surface area (Å²) in [5, 5.41) is 6.52. The van der Waals surface area contributed by atoms with Gasteiger partial charge in [0.15, 0.2) is 5.76 Å². The number of fused-ring (bicyclic) bond motifs is 1. The Balaban J connectivity index is 1.60. The molecule has 3 aromatic rings. The molecule has 4 rings (SSSR count). The fourth-order valence-corrected chi connectivity index (χ4v) is 3.86. The van der Waals surface area contributed by atoms with Crippen molar-refractivity contribution in [2.24, 2.45) is 0 Å². The summed E-state index contributed by atoms with van der Waals surface area (Å²) in [4.78, 5) is 18.0. The highest BCUT2D eigenvalue weighted by Crippen LogP contribution is 2.36. The molecule has 0 radical (unpaired) electrons. The second-order valence-electron chi connectivity index (χ2n) is 7.14. The number of hydrogen-bond acceptors (Lipinski definition) is 5. The van der Waals surface area contributed by atoms with Gasteiger partial charge in [-0.3, -0.25) is 9.20 Å². The van der Waals surface area contributed by atoms with Crippen LogP contribution in [0.15, 0.2) is 29.2 Å². The summed E-state index contributed by atoms with van der Waals surface area (Å²) in [7, 11) is 1.55.